The molecule has 0 saturated carbocycles. The van der Waals surface area contributed by atoms with Crippen molar-refractivity contribution in [1.82, 2.24) is 19.8 Å². The molecule has 0 aliphatic carbocycles. The lowest BCUT2D eigenvalue weighted by molar-refractivity contribution is -0.121. The van der Waals surface area contributed by atoms with Crippen molar-refractivity contribution in [2.24, 2.45) is 0 Å². The monoisotopic (exact) mass is 484 g/mol. The number of para-hydroxylation sites is 3. The highest BCUT2D eigenvalue weighted by Crippen LogP contribution is 2.25. The molecule has 1 saturated heterocycles. The van der Waals surface area contributed by atoms with Crippen molar-refractivity contribution in [1.29, 1.82) is 0 Å². The van der Waals surface area contributed by atoms with Crippen LogP contribution in [0, 0.1) is 0 Å². The summed E-state index contributed by atoms with van der Waals surface area (Å²) in [6, 6.07) is 26.5. The second kappa shape index (κ2) is 11.4. The Balaban J connectivity index is 1.28. The number of nitrogens with one attached hydrogen (secondary N) is 1. The van der Waals surface area contributed by atoms with Gasteiger partial charge in [0.2, 0.25) is 5.91 Å². The number of benzene rings is 3. The maximum absolute atomic E-state index is 13.0. The van der Waals surface area contributed by atoms with Crippen LogP contribution in [0.2, 0.25) is 0 Å². The molecular formula is C29H32N4O3. The van der Waals surface area contributed by atoms with Gasteiger partial charge in [0.1, 0.15) is 11.6 Å². The average Bonchev–Trinajstić information content (AvgIpc) is 3.32. The van der Waals surface area contributed by atoms with Gasteiger partial charge in [-0.3, -0.25) is 14.3 Å². The Hall–Kier alpha value is -3.68. The van der Waals surface area contributed by atoms with Crippen molar-refractivity contribution in [3.63, 3.8) is 0 Å². The number of aryl methyl sites for hydroxylation is 1. The summed E-state index contributed by atoms with van der Waals surface area (Å²) in [5.74, 6) is 1.73. The summed E-state index contributed by atoms with van der Waals surface area (Å²) in [7, 11) is 1.67. The predicted molar refractivity (Wildman–Crippen MR) is 141 cm³/mol. The molecule has 0 bridgehead atoms. The zero-order valence-corrected chi connectivity index (χ0v) is 20.6. The summed E-state index contributed by atoms with van der Waals surface area (Å²) in [6.45, 7) is 3.63. The third kappa shape index (κ3) is 5.42. The lowest BCUT2D eigenvalue weighted by atomic mass is 10.0. The maximum Gasteiger partial charge on any atom is 0.220 e. The van der Waals surface area contributed by atoms with Gasteiger partial charge < -0.3 is 14.8 Å². The number of fused-ring (bicyclic) bond motifs is 1. The van der Waals surface area contributed by atoms with Crippen LogP contribution >= 0.6 is 0 Å². The van der Waals surface area contributed by atoms with E-state index in [9.17, 15) is 4.79 Å². The first-order chi connectivity index (χ1) is 17.7. The first-order valence-electron chi connectivity index (χ1n) is 12.5. The van der Waals surface area contributed by atoms with Crippen molar-refractivity contribution < 1.29 is 14.3 Å². The Labute approximate surface area is 211 Å². The molecule has 186 valence electrons. The van der Waals surface area contributed by atoms with Gasteiger partial charge in [0.25, 0.3) is 0 Å². The zero-order valence-electron chi connectivity index (χ0n) is 20.6. The molecule has 0 spiro atoms. The molecule has 3 aromatic carbocycles. The fourth-order valence-corrected chi connectivity index (χ4v) is 4.81. The fourth-order valence-electron chi connectivity index (χ4n) is 4.81. The number of hydrogen-bond donors (Lipinski definition) is 1. The first kappa shape index (κ1) is 24.0. The van der Waals surface area contributed by atoms with Gasteiger partial charge >= 0.3 is 0 Å². The normalized spacial score (nSPS) is 15.0. The molecule has 1 fully saturated rings. The van der Waals surface area contributed by atoms with Crippen molar-refractivity contribution in [2.75, 3.05) is 40.0 Å². The number of aromatic nitrogens is 2. The molecule has 1 N–H and O–H groups in total. The van der Waals surface area contributed by atoms with Crippen LogP contribution in [0.15, 0.2) is 78.9 Å². The van der Waals surface area contributed by atoms with Crippen LogP contribution in [0.4, 0.5) is 0 Å². The van der Waals surface area contributed by atoms with Crippen LogP contribution in [0.3, 0.4) is 0 Å². The van der Waals surface area contributed by atoms with E-state index in [1.54, 1.807) is 7.11 Å². The number of carbonyl (C=O) groups excluding carboxylic acids is 1. The molecule has 1 atom stereocenters. The standard InChI is InChI=1S/C29H32N4O3/c1-35-24-13-11-22(12-14-24)27(32-17-19-36-20-18-32)21-30-29(34)16-15-28-31-25-9-5-6-10-26(25)33(28)23-7-3-2-4-8-23/h2-14,27H,15-21H2,1H3,(H,30,34). The molecule has 7 heteroatoms. The molecule has 4 aromatic rings. The molecule has 1 aliphatic rings. The molecule has 0 radical (unpaired) electrons. The number of imidazole rings is 1. The summed E-state index contributed by atoms with van der Waals surface area (Å²) in [5.41, 5.74) is 4.19. The van der Waals surface area contributed by atoms with Gasteiger partial charge in [0, 0.05) is 38.2 Å². The summed E-state index contributed by atoms with van der Waals surface area (Å²) in [4.78, 5) is 20.2. The van der Waals surface area contributed by atoms with Crippen molar-refractivity contribution in [3.8, 4) is 11.4 Å². The van der Waals surface area contributed by atoms with E-state index in [1.165, 1.54) is 0 Å². The second-order valence-electron chi connectivity index (χ2n) is 8.93. The van der Waals surface area contributed by atoms with Crippen LogP contribution in [0.25, 0.3) is 16.7 Å². The molecule has 1 aromatic heterocycles. The van der Waals surface area contributed by atoms with Gasteiger partial charge in [-0.1, -0.05) is 42.5 Å². The van der Waals surface area contributed by atoms with Crippen molar-refractivity contribution in [2.45, 2.75) is 18.9 Å². The predicted octanol–water partition coefficient (Wildman–Crippen LogP) is 4.16. The summed E-state index contributed by atoms with van der Waals surface area (Å²) in [6.07, 6.45) is 0.925. The average molecular weight is 485 g/mol. The topological polar surface area (TPSA) is 68.6 Å². The van der Waals surface area contributed by atoms with Crippen molar-refractivity contribution >= 4 is 16.9 Å². The van der Waals surface area contributed by atoms with Crippen LogP contribution in [0.5, 0.6) is 5.75 Å². The van der Waals surface area contributed by atoms with Gasteiger partial charge in [0.05, 0.1) is 37.4 Å². The van der Waals surface area contributed by atoms with Gasteiger partial charge in [0.15, 0.2) is 0 Å². The highest BCUT2D eigenvalue weighted by molar-refractivity contribution is 5.79. The first-order valence-corrected chi connectivity index (χ1v) is 12.5. The van der Waals surface area contributed by atoms with E-state index in [1.807, 2.05) is 48.5 Å². The number of nitrogens with zero attached hydrogens (tertiary/aromatic N) is 3. The molecule has 36 heavy (non-hydrogen) atoms. The van der Waals surface area contributed by atoms with Gasteiger partial charge in [-0.25, -0.2) is 4.98 Å². The SMILES string of the molecule is COc1ccc(C(CNC(=O)CCc2nc3ccccc3n2-c2ccccc2)N2CCOCC2)cc1. The molecule has 1 aliphatic heterocycles. The van der Waals surface area contributed by atoms with E-state index in [-0.39, 0.29) is 11.9 Å². The van der Waals surface area contributed by atoms with Crippen LogP contribution in [-0.4, -0.2) is 60.3 Å². The van der Waals surface area contributed by atoms with Gasteiger partial charge in [-0.2, -0.15) is 0 Å². The van der Waals surface area contributed by atoms with E-state index in [0.29, 0.717) is 32.6 Å². The van der Waals surface area contributed by atoms with Crippen molar-refractivity contribution in [3.05, 3.63) is 90.3 Å². The summed E-state index contributed by atoms with van der Waals surface area (Å²) < 4.78 is 13.0. The fraction of sp³-hybridized carbons (Fsp3) is 0.310. The molecular weight excluding hydrogens is 452 g/mol. The highest BCUT2D eigenvalue weighted by atomic mass is 16.5. The molecule has 1 amide bonds. The lowest BCUT2D eigenvalue weighted by Crippen LogP contribution is -2.43. The Morgan fingerprint density at radius 1 is 1.00 bits per heavy atom. The van der Waals surface area contributed by atoms with Crippen LogP contribution in [-0.2, 0) is 16.0 Å². The molecule has 5 rings (SSSR count). The number of methoxy groups -OCH3 is 1. The number of carbonyl (C=O) groups is 1. The van der Waals surface area contributed by atoms with E-state index >= 15 is 0 Å². The number of amides is 1. The number of morpholine rings is 1. The second-order valence-corrected chi connectivity index (χ2v) is 8.93. The Bertz CT molecular complexity index is 1280. The largest absolute Gasteiger partial charge is 0.497 e. The van der Waals surface area contributed by atoms with Crippen LogP contribution < -0.4 is 10.1 Å². The smallest absolute Gasteiger partial charge is 0.220 e. The Morgan fingerprint density at radius 2 is 1.72 bits per heavy atom. The summed E-state index contributed by atoms with van der Waals surface area (Å²) in [5, 5.41) is 3.18. The van der Waals surface area contributed by atoms with E-state index in [2.05, 4.69) is 45.1 Å². The maximum atomic E-state index is 13.0. The third-order valence-corrected chi connectivity index (χ3v) is 6.70. The summed E-state index contributed by atoms with van der Waals surface area (Å²) >= 11 is 0. The Morgan fingerprint density at radius 3 is 2.47 bits per heavy atom. The minimum Gasteiger partial charge on any atom is -0.497 e. The van der Waals surface area contributed by atoms with Gasteiger partial charge in [-0.05, 0) is 42.0 Å². The molecule has 2 heterocycles. The number of rotatable bonds is 9. The molecule has 1 unspecified atom stereocenters. The minimum absolute atomic E-state index is 0.0217. The highest BCUT2D eigenvalue weighted by Gasteiger charge is 2.23. The minimum atomic E-state index is 0.0217. The van der Waals surface area contributed by atoms with Gasteiger partial charge in [-0.15, -0.1) is 0 Å². The van der Waals surface area contributed by atoms with E-state index in [4.69, 9.17) is 14.5 Å². The van der Waals surface area contributed by atoms with Crippen LogP contribution in [0.1, 0.15) is 23.9 Å². The van der Waals surface area contributed by atoms with E-state index in [0.717, 1.165) is 46.9 Å². The Kier molecular flexibility index (Phi) is 7.59. The number of hydrogen-bond acceptors (Lipinski definition) is 5. The zero-order chi connectivity index (χ0) is 24.7. The van der Waals surface area contributed by atoms with E-state index < -0.39 is 0 Å². The lowest BCUT2D eigenvalue weighted by Gasteiger charge is -2.35. The molecule has 7 nitrogen and oxygen atoms in total. The quantitative estimate of drug-likeness (QED) is 0.387. The third-order valence-electron chi connectivity index (χ3n) is 6.70. The number of ether oxygens (including phenoxy) is 2.